The van der Waals surface area contributed by atoms with Gasteiger partial charge in [0.2, 0.25) is 0 Å². The average molecular weight is 914 g/mol. The van der Waals surface area contributed by atoms with Crippen molar-refractivity contribution in [3.8, 4) is 0 Å². The molecule has 0 aromatic rings. The Labute approximate surface area is 392 Å². The molecule has 0 N–H and O–H groups in total. The van der Waals surface area contributed by atoms with Crippen molar-refractivity contribution in [2.75, 3.05) is 47.5 Å². The number of phosphoric acid groups is 1. The zero-order valence-electron chi connectivity index (χ0n) is 41.2. The van der Waals surface area contributed by atoms with Crippen LogP contribution in [0.3, 0.4) is 0 Å². The van der Waals surface area contributed by atoms with Gasteiger partial charge >= 0.3 is 11.9 Å². The van der Waals surface area contributed by atoms with Crippen molar-refractivity contribution in [1.82, 2.24) is 0 Å². The van der Waals surface area contributed by atoms with E-state index in [2.05, 4.69) is 111 Å². The van der Waals surface area contributed by atoms with Gasteiger partial charge in [-0.2, -0.15) is 0 Å². The predicted octanol–water partition coefficient (Wildman–Crippen LogP) is 14.3. The molecule has 0 fully saturated rings. The summed E-state index contributed by atoms with van der Waals surface area (Å²) in [5, 5.41) is 0. The fraction of sp³-hybridized carbons (Fsp3) is 0.667. The number of carbonyl (C=O) groups is 2. The lowest BCUT2D eigenvalue weighted by Gasteiger charge is -2.28. The van der Waals surface area contributed by atoms with Crippen molar-refractivity contribution in [1.29, 1.82) is 0 Å². The topological polar surface area (TPSA) is 111 Å². The Bertz CT molecular complexity index is 1400. The van der Waals surface area contributed by atoms with Crippen LogP contribution in [-0.4, -0.2) is 70.0 Å². The summed E-state index contributed by atoms with van der Waals surface area (Å²) < 4.78 is 33.8. The number of allylic oxidation sites excluding steroid dienone is 16. The van der Waals surface area contributed by atoms with Crippen LogP contribution >= 0.6 is 7.82 Å². The first kappa shape index (κ1) is 60.9. The lowest BCUT2D eigenvalue weighted by molar-refractivity contribution is -0.870. The number of ether oxygens (including phenoxy) is 2. The summed E-state index contributed by atoms with van der Waals surface area (Å²) in [4.78, 5) is 37.4. The van der Waals surface area contributed by atoms with Gasteiger partial charge in [-0.15, -0.1) is 0 Å². The lowest BCUT2D eigenvalue weighted by Crippen LogP contribution is -2.37. The minimum Gasteiger partial charge on any atom is -0.756 e. The molecule has 2 unspecified atom stereocenters. The largest absolute Gasteiger partial charge is 0.756 e. The summed E-state index contributed by atoms with van der Waals surface area (Å²) in [6.45, 7) is 4.03. The minimum atomic E-state index is -4.63. The molecule has 0 aliphatic carbocycles. The van der Waals surface area contributed by atoms with Crippen LogP contribution in [0, 0.1) is 0 Å². The van der Waals surface area contributed by atoms with Gasteiger partial charge in [-0.25, -0.2) is 0 Å². The molecule has 0 heterocycles. The van der Waals surface area contributed by atoms with Gasteiger partial charge in [-0.1, -0.05) is 188 Å². The van der Waals surface area contributed by atoms with Crippen LogP contribution in [0.2, 0.25) is 0 Å². The molecular weight excluding hydrogens is 822 g/mol. The molecular formula is C54H92NO8P. The van der Waals surface area contributed by atoms with Gasteiger partial charge in [0.1, 0.15) is 19.8 Å². The van der Waals surface area contributed by atoms with Gasteiger partial charge in [-0.05, 0) is 77.0 Å². The summed E-state index contributed by atoms with van der Waals surface area (Å²) in [5.41, 5.74) is 0. The SMILES string of the molecule is CC/C=C\C/C=C\C/C=C\C/C=C\C/C=C\C/C=C\C/C=C\C/C=C\CCCCCCCCCCC(=O)OC(COC(=O)CCCCCCCCC)COP(=O)([O-])OCC[N+](C)(C)C. The summed E-state index contributed by atoms with van der Waals surface area (Å²) in [6.07, 6.45) is 60.4. The van der Waals surface area contributed by atoms with Crippen LogP contribution in [0.5, 0.6) is 0 Å². The van der Waals surface area contributed by atoms with Crippen molar-refractivity contribution in [2.24, 2.45) is 0 Å². The molecule has 0 aromatic carbocycles. The lowest BCUT2D eigenvalue weighted by atomic mass is 10.1. The number of hydrogen-bond donors (Lipinski definition) is 0. The maximum Gasteiger partial charge on any atom is 0.306 e. The van der Waals surface area contributed by atoms with E-state index < -0.39 is 32.5 Å². The van der Waals surface area contributed by atoms with Crippen LogP contribution in [0.4, 0.5) is 0 Å². The van der Waals surface area contributed by atoms with Crippen molar-refractivity contribution in [2.45, 2.75) is 187 Å². The summed E-state index contributed by atoms with van der Waals surface area (Å²) in [7, 11) is 1.15. The highest BCUT2D eigenvalue weighted by molar-refractivity contribution is 7.45. The highest BCUT2D eigenvalue weighted by Crippen LogP contribution is 2.38. The smallest absolute Gasteiger partial charge is 0.306 e. The quantitative estimate of drug-likeness (QED) is 0.0195. The molecule has 0 bridgehead atoms. The molecule has 0 saturated carbocycles. The standard InChI is InChI=1S/C54H92NO8P/c1-6-8-10-12-14-15-16-17-18-19-20-21-22-23-24-25-26-27-28-29-30-31-32-33-34-35-36-37-38-39-41-43-45-47-54(57)63-52(51-62-64(58,59)61-49-48-55(3,4)5)50-60-53(56)46-44-42-40-13-11-9-7-2/h8,10,14-15,17-18,20-21,23-24,26-27,29-30,32-33,52H,6-7,9,11-13,16,19,22,25,28,31,34-51H2,1-5H3/b10-8-,15-14-,18-17-,21-20-,24-23-,27-26-,30-29-,33-32-. The van der Waals surface area contributed by atoms with Gasteiger partial charge in [0.15, 0.2) is 6.10 Å². The second kappa shape index (κ2) is 45.1. The molecule has 0 spiro atoms. The first-order chi connectivity index (χ1) is 31.0. The van der Waals surface area contributed by atoms with Crippen molar-refractivity contribution < 1.29 is 42.1 Å². The maximum absolute atomic E-state index is 12.7. The normalized spacial score (nSPS) is 14.3. The zero-order chi connectivity index (χ0) is 47.1. The Morgan fingerprint density at radius 3 is 1.33 bits per heavy atom. The summed E-state index contributed by atoms with van der Waals surface area (Å²) >= 11 is 0. The van der Waals surface area contributed by atoms with Crippen molar-refractivity contribution in [3.05, 3.63) is 97.2 Å². The minimum absolute atomic E-state index is 0.0365. The van der Waals surface area contributed by atoms with Gasteiger partial charge in [0.05, 0.1) is 27.7 Å². The number of esters is 2. The van der Waals surface area contributed by atoms with Crippen molar-refractivity contribution in [3.63, 3.8) is 0 Å². The molecule has 0 rings (SSSR count). The molecule has 2 atom stereocenters. The molecule has 0 amide bonds. The first-order valence-corrected chi connectivity index (χ1v) is 26.4. The summed E-state index contributed by atoms with van der Waals surface area (Å²) in [5.74, 6) is -0.857. The highest BCUT2D eigenvalue weighted by atomic mass is 31.2. The van der Waals surface area contributed by atoms with Gasteiger partial charge in [0.25, 0.3) is 7.82 Å². The van der Waals surface area contributed by atoms with Crippen LogP contribution in [0.15, 0.2) is 97.2 Å². The number of phosphoric ester groups is 1. The third-order valence-electron chi connectivity index (χ3n) is 10.1. The van der Waals surface area contributed by atoms with Gasteiger partial charge < -0.3 is 27.9 Å². The van der Waals surface area contributed by atoms with Crippen LogP contribution < -0.4 is 4.89 Å². The maximum atomic E-state index is 12.7. The average Bonchev–Trinajstić information content (AvgIpc) is 3.25. The van der Waals surface area contributed by atoms with Crippen LogP contribution in [0.25, 0.3) is 0 Å². The van der Waals surface area contributed by atoms with E-state index >= 15 is 0 Å². The summed E-state index contributed by atoms with van der Waals surface area (Å²) in [6, 6.07) is 0. The van der Waals surface area contributed by atoms with E-state index in [-0.39, 0.29) is 26.1 Å². The second-order valence-corrected chi connectivity index (χ2v) is 18.9. The number of nitrogens with zero attached hydrogens (tertiary/aromatic N) is 1. The Balaban J connectivity index is 4.10. The van der Waals surface area contributed by atoms with E-state index in [1.54, 1.807) is 0 Å². The molecule has 0 aromatic heterocycles. The van der Waals surface area contributed by atoms with E-state index in [9.17, 15) is 19.0 Å². The molecule has 10 heteroatoms. The van der Waals surface area contributed by atoms with E-state index in [1.165, 1.54) is 44.9 Å². The predicted molar refractivity (Wildman–Crippen MR) is 268 cm³/mol. The third-order valence-corrected chi connectivity index (χ3v) is 11.1. The Morgan fingerprint density at radius 1 is 0.500 bits per heavy atom. The number of quaternary nitrogens is 1. The molecule has 0 aliphatic rings. The number of rotatable bonds is 44. The number of unbranched alkanes of at least 4 members (excludes halogenated alkanes) is 14. The molecule has 366 valence electrons. The monoisotopic (exact) mass is 914 g/mol. The van der Waals surface area contributed by atoms with E-state index in [0.29, 0.717) is 17.4 Å². The molecule has 64 heavy (non-hydrogen) atoms. The fourth-order valence-corrected chi connectivity index (χ4v) is 6.99. The Kier molecular flexibility index (Phi) is 42.9. The van der Waals surface area contributed by atoms with Crippen LogP contribution in [0.1, 0.15) is 181 Å². The first-order valence-electron chi connectivity index (χ1n) is 24.9. The Morgan fingerprint density at radius 2 is 0.891 bits per heavy atom. The van der Waals surface area contributed by atoms with E-state index in [1.807, 2.05) is 21.1 Å². The van der Waals surface area contributed by atoms with Crippen molar-refractivity contribution >= 4 is 19.8 Å². The molecule has 0 radical (unpaired) electrons. The van der Waals surface area contributed by atoms with Gasteiger partial charge in [-0.3, -0.25) is 14.2 Å². The van der Waals surface area contributed by atoms with E-state index in [0.717, 1.165) is 103 Å². The number of hydrogen-bond acceptors (Lipinski definition) is 8. The zero-order valence-corrected chi connectivity index (χ0v) is 42.1. The molecule has 0 aliphatic heterocycles. The fourth-order valence-electron chi connectivity index (χ4n) is 6.26. The number of carbonyl (C=O) groups excluding carboxylic acids is 2. The van der Waals surface area contributed by atoms with E-state index in [4.69, 9.17) is 18.5 Å². The molecule has 9 nitrogen and oxygen atoms in total. The third kappa shape index (κ3) is 48.4. The second-order valence-electron chi connectivity index (χ2n) is 17.5. The number of likely N-dealkylation sites (N-methyl/N-ethyl adjacent to an activating group) is 1. The van der Waals surface area contributed by atoms with Gasteiger partial charge in [0, 0.05) is 12.8 Å². The Hall–Kier alpha value is -3.07. The molecule has 0 saturated heterocycles. The highest BCUT2D eigenvalue weighted by Gasteiger charge is 2.21. The van der Waals surface area contributed by atoms with Crippen LogP contribution in [-0.2, 0) is 32.7 Å².